The summed E-state index contributed by atoms with van der Waals surface area (Å²) in [5.41, 5.74) is 18.5. The van der Waals surface area contributed by atoms with Crippen molar-refractivity contribution in [2.24, 2.45) is 5.73 Å². The molecule has 3 aromatic carbocycles. The van der Waals surface area contributed by atoms with Crippen LogP contribution < -0.4 is 11.5 Å². The molecule has 1 aliphatic heterocycles. The van der Waals surface area contributed by atoms with Crippen LogP contribution >= 0.6 is 11.6 Å². The van der Waals surface area contributed by atoms with E-state index in [0.717, 1.165) is 51.8 Å². The van der Waals surface area contributed by atoms with Crippen LogP contribution in [0.3, 0.4) is 0 Å². The second kappa shape index (κ2) is 9.15. The normalized spacial score (nSPS) is 13.6. The molecule has 6 rings (SSSR count). The van der Waals surface area contributed by atoms with Crippen LogP contribution in [0.4, 0.5) is 5.82 Å². The number of amides is 1. The second-order valence-corrected chi connectivity index (χ2v) is 9.45. The van der Waals surface area contributed by atoms with Gasteiger partial charge < -0.3 is 21.4 Å². The predicted molar refractivity (Wildman–Crippen MR) is 146 cm³/mol. The molecular formula is C28H24ClN7O. The number of carbonyl (C=O) groups is 1. The number of imidazole rings is 1. The molecule has 8 nitrogen and oxygen atoms in total. The Balaban J connectivity index is 1.40. The molecule has 37 heavy (non-hydrogen) atoms. The lowest BCUT2D eigenvalue weighted by Crippen LogP contribution is -2.30. The van der Waals surface area contributed by atoms with E-state index in [4.69, 9.17) is 28.1 Å². The summed E-state index contributed by atoms with van der Waals surface area (Å²) in [7, 11) is 0. The first kappa shape index (κ1) is 22.9. The molecule has 0 bridgehead atoms. The predicted octanol–water partition coefficient (Wildman–Crippen LogP) is 4.84. The van der Waals surface area contributed by atoms with Crippen molar-refractivity contribution in [3.05, 3.63) is 100.0 Å². The van der Waals surface area contributed by atoms with Gasteiger partial charge in [-0.25, -0.2) is 4.98 Å². The second-order valence-electron chi connectivity index (χ2n) is 9.08. The van der Waals surface area contributed by atoms with Crippen molar-refractivity contribution in [2.45, 2.75) is 13.0 Å². The number of benzene rings is 3. The van der Waals surface area contributed by atoms with Gasteiger partial charge in [-0.15, -0.1) is 0 Å². The van der Waals surface area contributed by atoms with E-state index in [1.165, 1.54) is 0 Å². The molecule has 3 heterocycles. The number of fused-ring (bicyclic) bond motifs is 2. The van der Waals surface area contributed by atoms with Gasteiger partial charge in [0.15, 0.2) is 11.6 Å². The minimum absolute atomic E-state index is 0.413. The summed E-state index contributed by atoms with van der Waals surface area (Å²) in [6.07, 6.45) is 2.89. The van der Waals surface area contributed by atoms with Crippen molar-refractivity contribution in [3.8, 4) is 11.3 Å². The Hall–Kier alpha value is -4.56. The third-order valence-corrected chi connectivity index (χ3v) is 6.99. The number of nitrogens with two attached hydrogens (primary N) is 2. The van der Waals surface area contributed by atoms with Gasteiger partial charge in [-0.05, 0) is 53.5 Å². The number of nitrogens with one attached hydrogen (secondary N) is 2. The zero-order chi connectivity index (χ0) is 25.5. The van der Waals surface area contributed by atoms with E-state index in [0.29, 0.717) is 34.6 Å². The first-order valence-electron chi connectivity index (χ1n) is 11.9. The van der Waals surface area contributed by atoms with E-state index in [1.54, 1.807) is 6.07 Å². The summed E-state index contributed by atoms with van der Waals surface area (Å²) in [5.74, 6) is 0.714. The summed E-state index contributed by atoms with van der Waals surface area (Å²) in [4.78, 5) is 22.1. The highest BCUT2D eigenvalue weighted by Crippen LogP contribution is 2.34. The summed E-state index contributed by atoms with van der Waals surface area (Å²) >= 11 is 6.69. The Labute approximate surface area is 218 Å². The average molecular weight is 510 g/mol. The van der Waals surface area contributed by atoms with E-state index in [-0.39, 0.29) is 0 Å². The van der Waals surface area contributed by atoms with Crippen LogP contribution in [0, 0.1) is 0 Å². The largest absolute Gasteiger partial charge is 0.382 e. The Morgan fingerprint density at radius 1 is 1.05 bits per heavy atom. The number of rotatable bonds is 5. The molecule has 5 aromatic rings. The average Bonchev–Trinajstić information content (AvgIpc) is 3.49. The molecule has 0 atom stereocenters. The monoisotopic (exact) mass is 509 g/mol. The van der Waals surface area contributed by atoms with E-state index in [1.807, 2.05) is 48.5 Å². The van der Waals surface area contributed by atoms with Crippen LogP contribution in [-0.4, -0.2) is 37.5 Å². The molecule has 184 valence electrons. The summed E-state index contributed by atoms with van der Waals surface area (Å²) in [6.45, 7) is 1.42. The molecule has 0 saturated carbocycles. The number of aromatic amines is 2. The lowest BCUT2D eigenvalue weighted by molar-refractivity contribution is 0.1000. The van der Waals surface area contributed by atoms with Crippen molar-refractivity contribution >= 4 is 46.0 Å². The standard InChI is InChI=1S/C28H24ClN7O/c29-25-24(18-8-9-21-22(14-18)34-35-26(21)30)32-28(33-25)23(12-16-4-2-1-3-5-16)36-11-10-17-13-19(27(31)37)6-7-20(17)15-36/h1-9,12-14H,10-11,15H2,(H2,31,37)(H,32,33)(H3,30,34,35). The highest BCUT2D eigenvalue weighted by molar-refractivity contribution is 6.32. The van der Waals surface area contributed by atoms with E-state index >= 15 is 0 Å². The van der Waals surface area contributed by atoms with E-state index in [2.05, 4.69) is 38.3 Å². The third kappa shape index (κ3) is 4.32. The summed E-state index contributed by atoms with van der Waals surface area (Å²) in [5, 5.41) is 8.33. The summed E-state index contributed by atoms with van der Waals surface area (Å²) in [6, 6.07) is 21.6. The van der Waals surface area contributed by atoms with Gasteiger partial charge in [-0.2, -0.15) is 5.10 Å². The maximum atomic E-state index is 11.6. The highest BCUT2D eigenvalue weighted by Gasteiger charge is 2.23. The number of nitrogen functional groups attached to an aromatic ring is 1. The fourth-order valence-electron chi connectivity index (χ4n) is 4.78. The first-order valence-corrected chi connectivity index (χ1v) is 12.3. The zero-order valence-corrected chi connectivity index (χ0v) is 20.6. The van der Waals surface area contributed by atoms with Gasteiger partial charge in [0.25, 0.3) is 0 Å². The minimum Gasteiger partial charge on any atom is -0.382 e. The van der Waals surface area contributed by atoms with E-state index < -0.39 is 5.91 Å². The fraction of sp³-hybridized carbons (Fsp3) is 0.107. The Morgan fingerprint density at radius 2 is 1.89 bits per heavy atom. The van der Waals surface area contributed by atoms with Gasteiger partial charge in [-0.3, -0.25) is 9.89 Å². The SMILES string of the molecule is NC(=O)c1ccc2c(c1)CCN(C(=Cc1ccccc1)c1nc(-c3ccc4c(N)n[nH]c4c3)c(Cl)[nH]1)C2. The molecule has 0 aliphatic carbocycles. The molecule has 0 radical (unpaired) electrons. The number of nitrogens with zero attached hydrogens (tertiary/aromatic N) is 3. The molecule has 1 amide bonds. The van der Waals surface area contributed by atoms with Crippen molar-refractivity contribution in [2.75, 3.05) is 12.3 Å². The van der Waals surface area contributed by atoms with Gasteiger partial charge in [0.2, 0.25) is 5.91 Å². The molecule has 0 unspecified atom stereocenters. The molecule has 6 N–H and O–H groups in total. The quantitative estimate of drug-likeness (QED) is 0.269. The van der Waals surface area contributed by atoms with Crippen molar-refractivity contribution in [1.82, 2.24) is 25.1 Å². The lowest BCUT2D eigenvalue weighted by Gasteiger charge is -2.32. The molecular weight excluding hydrogens is 486 g/mol. The van der Waals surface area contributed by atoms with Crippen LogP contribution in [0.5, 0.6) is 0 Å². The molecule has 0 saturated heterocycles. The highest BCUT2D eigenvalue weighted by atomic mass is 35.5. The first-order chi connectivity index (χ1) is 18.0. The van der Waals surface area contributed by atoms with Crippen molar-refractivity contribution < 1.29 is 4.79 Å². The number of anilines is 1. The van der Waals surface area contributed by atoms with Crippen LogP contribution in [0.2, 0.25) is 5.15 Å². The number of hydrogen-bond donors (Lipinski definition) is 4. The Morgan fingerprint density at radius 3 is 2.70 bits per heavy atom. The smallest absolute Gasteiger partial charge is 0.248 e. The number of primary amides is 1. The Bertz CT molecular complexity index is 1670. The number of aromatic nitrogens is 4. The molecule has 0 fully saturated rings. The third-order valence-electron chi connectivity index (χ3n) is 6.71. The van der Waals surface area contributed by atoms with Gasteiger partial charge in [0.1, 0.15) is 10.8 Å². The summed E-state index contributed by atoms with van der Waals surface area (Å²) < 4.78 is 0. The molecule has 1 aliphatic rings. The van der Waals surface area contributed by atoms with Gasteiger partial charge >= 0.3 is 0 Å². The zero-order valence-electron chi connectivity index (χ0n) is 19.8. The maximum Gasteiger partial charge on any atom is 0.248 e. The minimum atomic E-state index is -0.413. The van der Waals surface area contributed by atoms with Crippen LogP contribution in [0.1, 0.15) is 32.9 Å². The van der Waals surface area contributed by atoms with Crippen LogP contribution in [0.25, 0.3) is 33.9 Å². The van der Waals surface area contributed by atoms with E-state index in [9.17, 15) is 4.79 Å². The topological polar surface area (TPSA) is 130 Å². The Kier molecular flexibility index (Phi) is 5.65. The lowest BCUT2D eigenvalue weighted by atomic mass is 9.96. The van der Waals surface area contributed by atoms with Gasteiger partial charge in [-0.1, -0.05) is 54.1 Å². The van der Waals surface area contributed by atoms with Gasteiger partial charge in [0, 0.05) is 29.6 Å². The van der Waals surface area contributed by atoms with Crippen molar-refractivity contribution in [3.63, 3.8) is 0 Å². The van der Waals surface area contributed by atoms with Crippen LogP contribution in [-0.2, 0) is 13.0 Å². The van der Waals surface area contributed by atoms with Crippen molar-refractivity contribution in [1.29, 1.82) is 0 Å². The number of H-pyrrole nitrogens is 2. The maximum absolute atomic E-state index is 11.6. The molecule has 0 spiro atoms. The van der Waals surface area contributed by atoms with Gasteiger partial charge in [0.05, 0.1) is 11.2 Å². The van der Waals surface area contributed by atoms with Crippen LogP contribution in [0.15, 0.2) is 66.7 Å². The number of halogens is 1. The molecule has 9 heteroatoms. The number of carbonyl (C=O) groups excluding carboxylic acids is 1. The fourth-order valence-corrected chi connectivity index (χ4v) is 5.02. The molecule has 2 aromatic heterocycles. The number of hydrogen-bond acceptors (Lipinski definition) is 5.